The number of carboxylic acid groups (broad SMARTS) is 1. The molecular weight excluding hydrogens is 354 g/mol. The van der Waals surface area contributed by atoms with Crippen LogP contribution in [0, 0.1) is 0 Å². The van der Waals surface area contributed by atoms with Crippen LogP contribution < -0.4 is 4.74 Å². The summed E-state index contributed by atoms with van der Waals surface area (Å²) in [4.78, 5) is 16.6. The summed E-state index contributed by atoms with van der Waals surface area (Å²) in [7, 11) is 1.60. The third kappa shape index (κ3) is 3.09. The van der Waals surface area contributed by atoms with E-state index in [9.17, 15) is 9.90 Å². The lowest BCUT2D eigenvalue weighted by Gasteiger charge is -2.07. The van der Waals surface area contributed by atoms with Crippen molar-refractivity contribution in [3.63, 3.8) is 0 Å². The minimum Gasteiger partial charge on any atom is -0.497 e. The van der Waals surface area contributed by atoms with Gasteiger partial charge in [-0.2, -0.15) is 5.10 Å². The minimum atomic E-state index is -1.02. The Morgan fingerprint density at radius 1 is 1.07 bits per heavy atom. The van der Waals surface area contributed by atoms with Crippen LogP contribution in [-0.2, 0) is 6.42 Å². The van der Waals surface area contributed by atoms with Crippen molar-refractivity contribution in [3.05, 3.63) is 65.7 Å². The van der Waals surface area contributed by atoms with Crippen LogP contribution in [0.5, 0.6) is 5.75 Å². The number of hydrogen-bond donors (Lipinski definition) is 2. The van der Waals surface area contributed by atoms with E-state index in [0.29, 0.717) is 22.4 Å². The summed E-state index contributed by atoms with van der Waals surface area (Å²) >= 11 is 0. The molecule has 2 heterocycles. The lowest BCUT2D eigenvalue weighted by atomic mass is 10.0. The van der Waals surface area contributed by atoms with Crippen molar-refractivity contribution in [1.29, 1.82) is 0 Å². The number of aromatic amines is 1. The van der Waals surface area contributed by atoms with Gasteiger partial charge in [0.2, 0.25) is 0 Å². The van der Waals surface area contributed by atoms with Gasteiger partial charge in [-0.1, -0.05) is 31.2 Å². The van der Waals surface area contributed by atoms with Gasteiger partial charge in [0.1, 0.15) is 5.75 Å². The maximum Gasteiger partial charge on any atom is 0.336 e. The van der Waals surface area contributed by atoms with Crippen LogP contribution in [-0.4, -0.2) is 33.4 Å². The number of fused-ring (bicyclic) bond motifs is 1. The Morgan fingerprint density at radius 2 is 1.75 bits per heavy atom. The molecule has 0 atom stereocenters. The molecular formula is C22H19N3O3. The molecule has 4 aromatic rings. The first-order valence-corrected chi connectivity index (χ1v) is 8.97. The number of aromatic carboxylic acids is 1. The normalized spacial score (nSPS) is 10.9. The van der Waals surface area contributed by atoms with Crippen molar-refractivity contribution >= 4 is 17.0 Å². The van der Waals surface area contributed by atoms with Crippen LogP contribution in [0.2, 0.25) is 0 Å². The predicted molar refractivity (Wildman–Crippen MR) is 108 cm³/mol. The molecule has 0 aliphatic heterocycles. The molecule has 4 rings (SSSR count). The molecule has 6 heteroatoms. The maximum atomic E-state index is 12.0. The molecule has 0 saturated heterocycles. The van der Waals surface area contributed by atoms with E-state index >= 15 is 0 Å². The molecule has 28 heavy (non-hydrogen) atoms. The molecule has 2 aromatic heterocycles. The van der Waals surface area contributed by atoms with E-state index in [4.69, 9.17) is 4.74 Å². The number of methoxy groups -OCH3 is 1. The number of benzene rings is 2. The number of rotatable bonds is 5. The second kappa shape index (κ2) is 7.15. The number of nitrogens with one attached hydrogen (secondary N) is 1. The minimum absolute atomic E-state index is 0.166. The number of ether oxygens (including phenoxy) is 1. The lowest BCUT2D eigenvalue weighted by molar-refractivity contribution is 0.0699. The SMILES string of the molecule is CCc1ccc(-c2[nH]nc3nc(-c4ccc(OC)cc4)cc(C(=O)O)c23)cc1. The third-order valence-corrected chi connectivity index (χ3v) is 4.79. The highest BCUT2D eigenvalue weighted by molar-refractivity contribution is 6.08. The standard InChI is InChI=1S/C22H19N3O3/c1-3-13-4-6-15(7-5-13)20-19-17(22(26)27)12-18(23-21(19)25-24-20)14-8-10-16(28-2)11-9-14/h4-12H,3H2,1-2H3,(H,26,27)(H,23,24,25). The maximum absolute atomic E-state index is 12.0. The zero-order chi connectivity index (χ0) is 19.7. The molecule has 2 N–H and O–H groups in total. The highest BCUT2D eigenvalue weighted by Gasteiger charge is 2.19. The van der Waals surface area contributed by atoms with Crippen LogP contribution >= 0.6 is 0 Å². The predicted octanol–water partition coefficient (Wildman–Crippen LogP) is 4.56. The number of carboxylic acids is 1. The number of nitrogens with zero attached hydrogens (tertiary/aromatic N) is 2. The Hall–Kier alpha value is -3.67. The van der Waals surface area contributed by atoms with Gasteiger partial charge in [-0.25, -0.2) is 9.78 Å². The fraction of sp³-hybridized carbons (Fsp3) is 0.136. The van der Waals surface area contributed by atoms with Gasteiger partial charge >= 0.3 is 5.97 Å². The van der Waals surface area contributed by atoms with Crippen molar-refractivity contribution in [2.24, 2.45) is 0 Å². The van der Waals surface area contributed by atoms with Crippen LogP contribution in [0.3, 0.4) is 0 Å². The number of carbonyl (C=O) groups is 1. The monoisotopic (exact) mass is 373 g/mol. The highest BCUT2D eigenvalue weighted by Crippen LogP contribution is 2.32. The Bertz CT molecular complexity index is 1150. The summed E-state index contributed by atoms with van der Waals surface area (Å²) in [6, 6.07) is 16.9. The molecule has 6 nitrogen and oxygen atoms in total. The quantitative estimate of drug-likeness (QED) is 0.535. The van der Waals surface area contributed by atoms with E-state index < -0.39 is 5.97 Å². The second-order valence-corrected chi connectivity index (χ2v) is 6.44. The van der Waals surface area contributed by atoms with E-state index in [0.717, 1.165) is 23.3 Å². The summed E-state index contributed by atoms with van der Waals surface area (Å²) in [5.41, 5.74) is 4.63. The van der Waals surface area contributed by atoms with Crippen molar-refractivity contribution in [2.45, 2.75) is 13.3 Å². The molecule has 0 amide bonds. The number of pyridine rings is 1. The summed E-state index contributed by atoms with van der Waals surface area (Å²) in [5, 5.41) is 17.6. The first kappa shape index (κ1) is 17.7. The van der Waals surface area contributed by atoms with Gasteiger partial charge in [0, 0.05) is 11.1 Å². The first-order valence-electron chi connectivity index (χ1n) is 8.97. The van der Waals surface area contributed by atoms with E-state index in [1.54, 1.807) is 13.2 Å². The van der Waals surface area contributed by atoms with Crippen molar-refractivity contribution in [2.75, 3.05) is 7.11 Å². The summed E-state index contributed by atoms with van der Waals surface area (Å²) in [5.74, 6) is -0.296. The molecule has 0 aliphatic rings. The smallest absolute Gasteiger partial charge is 0.336 e. The Kier molecular flexibility index (Phi) is 4.53. The van der Waals surface area contributed by atoms with Gasteiger partial charge in [0.15, 0.2) is 5.65 Å². The van der Waals surface area contributed by atoms with Gasteiger partial charge in [-0.15, -0.1) is 0 Å². The fourth-order valence-corrected chi connectivity index (χ4v) is 3.22. The molecule has 140 valence electrons. The summed E-state index contributed by atoms with van der Waals surface area (Å²) < 4.78 is 5.17. The average molecular weight is 373 g/mol. The lowest BCUT2D eigenvalue weighted by Crippen LogP contribution is -2.00. The summed E-state index contributed by atoms with van der Waals surface area (Å²) in [6.07, 6.45) is 0.942. The largest absolute Gasteiger partial charge is 0.497 e. The molecule has 0 saturated carbocycles. The number of aryl methyl sites for hydroxylation is 1. The van der Waals surface area contributed by atoms with Crippen molar-refractivity contribution in [1.82, 2.24) is 15.2 Å². The van der Waals surface area contributed by atoms with Gasteiger partial charge in [0.25, 0.3) is 0 Å². The van der Waals surface area contributed by atoms with Crippen LogP contribution in [0.25, 0.3) is 33.5 Å². The molecule has 2 aromatic carbocycles. The molecule has 0 fully saturated rings. The van der Waals surface area contributed by atoms with E-state index in [1.165, 1.54) is 5.56 Å². The third-order valence-electron chi connectivity index (χ3n) is 4.79. The zero-order valence-corrected chi connectivity index (χ0v) is 15.6. The van der Waals surface area contributed by atoms with Gasteiger partial charge in [-0.05, 0) is 42.3 Å². The number of aromatic nitrogens is 3. The van der Waals surface area contributed by atoms with E-state index in [-0.39, 0.29) is 5.56 Å². The van der Waals surface area contributed by atoms with Crippen molar-refractivity contribution in [3.8, 4) is 28.3 Å². The van der Waals surface area contributed by atoms with Crippen LogP contribution in [0.1, 0.15) is 22.8 Å². The Labute approximate surface area is 161 Å². The highest BCUT2D eigenvalue weighted by atomic mass is 16.5. The van der Waals surface area contributed by atoms with E-state index in [2.05, 4.69) is 22.1 Å². The van der Waals surface area contributed by atoms with E-state index in [1.807, 2.05) is 48.5 Å². The molecule has 0 aliphatic carbocycles. The Balaban J connectivity index is 1.87. The molecule has 0 bridgehead atoms. The molecule has 0 unspecified atom stereocenters. The van der Waals surface area contributed by atoms with Gasteiger partial charge in [-0.3, -0.25) is 5.10 Å². The topological polar surface area (TPSA) is 88.1 Å². The first-order chi connectivity index (χ1) is 13.6. The van der Waals surface area contributed by atoms with Crippen LogP contribution in [0.15, 0.2) is 54.6 Å². The Morgan fingerprint density at radius 3 is 2.36 bits per heavy atom. The molecule has 0 spiro atoms. The van der Waals surface area contributed by atoms with Crippen molar-refractivity contribution < 1.29 is 14.6 Å². The zero-order valence-electron chi connectivity index (χ0n) is 15.6. The van der Waals surface area contributed by atoms with Gasteiger partial charge in [0.05, 0.1) is 29.4 Å². The fourth-order valence-electron chi connectivity index (χ4n) is 3.22. The average Bonchev–Trinajstić information content (AvgIpc) is 3.17. The number of H-pyrrole nitrogens is 1. The second-order valence-electron chi connectivity index (χ2n) is 6.44. The van der Waals surface area contributed by atoms with Crippen LogP contribution in [0.4, 0.5) is 0 Å². The summed E-state index contributed by atoms with van der Waals surface area (Å²) in [6.45, 7) is 2.09. The number of hydrogen-bond acceptors (Lipinski definition) is 4. The van der Waals surface area contributed by atoms with Gasteiger partial charge < -0.3 is 9.84 Å². The molecule has 0 radical (unpaired) electrons.